The molecular formula is C13H13NO3. The van der Waals surface area contributed by atoms with Crippen molar-refractivity contribution in [3.05, 3.63) is 23.3 Å². The van der Waals surface area contributed by atoms with Gasteiger partial charge in [0.1, 0.15) is 6.61 Å². The van der Waals surface area contributed by atoms with Crippen LogP contribution in [-0.2, 0) is 0 Å². The highest BCUT2D eigenvalue weighted by Crippen LogP contribution is 2.32. The van der Waals surface area contributed by atoms with Gasteiger partial charge in [-0.1, -0.05) is 11.8 Å². The van der Waals surface area contributed by atoms with E-state index in [9.17, 15) is 10.2 Å². The van der Waals surface area contributed by atoms with Crippen molar-refractivity contribution < 1.29 is 14.9 Å². The molecule has 88 valence electrons. The summed E-state index contributed by atoms with van der Waals surface area (Å²) in [6.45, 7) is 0.0369. The van der Waals surface area contributed by atoms with E-state index in [-0.39, 0.29) is 24.7 Å². The van der Waals surface area contributed by atoms with Gasteiger partial charge in [-0.3, -0.25) is 0 Å². The Hall–Kier alpha value is -2.14. The van der Waals surface area contributed by atoms with Gasteiger partial charge < -0.3 is 20.7 Å². The van der Waals surface area contributed by atoms with Crippen molar-refractivity contribution in [3.8, 4) is 36.2 Å². The Morgan fingerprint density at radius 2 is 2.12 bits per heavy atom. The molecule has 17 heavy (non-hydrogen) atoms. The lowest BCUT2D eigenvalue weighted by Gasteiger charge is -2.14. The molecule has 0 aliphatic rings. The maximum atomic E-state index is 9.68. The van der Waals surface area contributed by atoms with E-state index in [1.54, 1.807) is 0 Å². The molecule has 4 nitrogen and oxygen atoms in total. The number of nitrogens with two attached hydrogens (primary N) is 1. The average molecular weight is 231 g/mol. The fraction of sp³-hybridized carbons (Fsp3) is 0.231. The number of phenols is 1. The van der Waals surface area contributed by atoms with Gasteiger partial charge in [0, 0.05) is 17.7 Å². The Bertz CT molecular complexity index is 483. The number of aliphatic hydroxyl groups excluding tert-OH is 1. The van der Waals surface area contributed by atoms with Crippen LogP contribution in [0.2, 0.25) is 0 Å². The number of aromatic hydroxyl groups is 1. The van der Waals surface area contributed by atoms with E-state index in [0.29, 0.717) is 11.1 Å². The highest BCUT2D eigenvalue weighted by molar-refractivity contribution is 5.53. The van der Waals surface area contributed by atoms with Crippen molar-refractivity contribution in [2.45, 2.75) is 6.10 Å². The summed E-state index contributed by atoms with van der Waals surface area (Å²) in [5.74, 6) is 4.68. The van der Waals surface area contributed by atoms with E-state index >= 15 is 0 Å². The summed E-state index contributed by atoms with van der Waals surface area (Å²) in [5.41, 5.74) is 6.16. The van der Waals surface area contributed by atoms with Crippen LogP contribution < -0.4 is 10.5 Å². The molecule has 0 heterocycles. The number of ether oxygens (including phenoxy) is 1. The van der Waals surface area contributed by atoms with E-state index in [1.807, 2.05) is 0 Å². The second-order valence-corrected chi connectivity index (χ2v) is 3.30. The second-order valence-electron chi connectivity index (χ2n) is 3.30. The van der Waals surface area contributed by atoms with E-state index in [0.717, 1.165) is 0 Å². The van der Waals surface area contributed by atoms with Crippen molar-refractivity contribution in [3.63, 3.8) is 0 Å². The van der Waals surface area contributed by atoms with E-state index in [1.165, 1.54) is 12.1 Å². The summed E-state index contributed by atoms with van der Waals surface area (Å²) in [4.78, 5) is 0. The van der Waals surface area contributed by atoms with Gasteiger partial charge in [0.2, 0.25) is 0 Å². The molecule has 0 bridgehead atoms. The van der Waals surface area contributed by atoms with Crippen molar-refractivity contribution >= 4 is 0 Å². The van der Waals surface area contributed by atoms with Crippen molar-refractivity contribution in [2.75, 3.05) is 13.2 Å². The van der Waals surface area contributed by atoms with Crippen molar-refractivity contribution in [2.24, 2.45) is 5.73 Å². The fourth-order valence-corrected chi connectivity index (χ4v) is 1.35. The summed E-state index contributed by atoms with van der Waals surface area (Å²) >= 11 is 0. The molecule has 0 aromatic heterocycles. The molecule has 0 amide bonds. The monoisotopic (exact) mass is 231 g/mol. The Kier molecular flexibility index (Phi) is 4.42. The molecule has 0 fully saturated rings. The largest absolute Gasteiger partial charge is 0.504 e. The van der Waals surface area contributed by atoms with Crippen molar-refractivity contribution in [1.29, 1.82) is 0 Å². The number of hydrogen-bond donors (Lipinski definition) is 3. The van der Waals surface area contributed by atoms with Crippen LogP contribution in [0, 0.1) is 24.7 Å². The van der Waals surface area contributed by atoms with Crippen LogP contribution in [0.1, 0.15) is 17.2 Å². The zero-order chi connectivity index (χ0) is 12.8. The number of benzene rings is 1. The lowest BCUT2D eigenvalue weighted by molar-refractivity contribution is 0.185. The van der Waals surface area contributed by atoms with Crippen LogP contribution in [0.4, 0.5) is 0 Å². The molecule has 0 radical (unpaired) electrons. The zero-order valence-corrected chi connectivity index (χ0v) is 9.18. The van der Waals surface area contributed by atoms with Gasteiger partial charge >= 0.3 is 0 Å². The number of aliphatic hydroxyl groups is 1. The third kappa shape index (κ3) is 2.92. The minimum absolute atomic E-state index is 0.0150. The Morgan fingerprint density at radius 1 is 1.41 bits per heavy atom. The fourth-order valence-electron chi connectivity index (χ4n) is 1.35. The van der Waals surface area contributed by atoms with Gasteiger partial charge in [0.15, 0.2) is 11.5 Å². The standard InChI is InChI=1S/C13H13NO3/c1-3-5-17-13-7-10(12(16)8-14)9(4-2)6-11(13)15/h1-2,6-7,12,15-16H,5,8,14H2. The maximum Gasteiger partial charge on any atom is 0.162 e. The maximum absolute atomic E-state index is 9.68. The van der Waals surface area contributed by atoms with E-state index in [2.05, 4.69) is 11.8 Å². The molecule has 1 aromatic carbocycles. The zero-order valence-electron chi connectivity index (χ0n) is 9.18. The second kappa shape index (κ2) is 5.81. The summed E-state index contributed by atoms with van der Waals surface area (Å²) in [7, 11) is 0. The highest BCUT2D eigenvalue weighted by Gasteiger charge is 2.14. The Labute approximate surface area is 100 Å². The number of terminal acetylenes is 2. The smallest absolute Gasteiger partial charge is 0.162 e. The molecule has 1 aromatic rings. The van der Waals surface area contributed by atoms with Crippen LogP contribution in [0.5, 0.6) is 11.5 Å². The van der Waals surface area contributed by atoms with Gasteiger partial charge in [-0.2, -0.15) is 0 Å². The van der Waals surface area contributed by atoms with Crippen LogP contribution in [-0.4, -0.2) is 23.4 Å². The van der Waals surface area contributed by atoms with Crippen LogP contribution in [0.15, 0.2) is 12.1 Å². The van der Waals surface area contributed by atoms with E-state index in [4.69, 9.17) is 23.3 Å². The van der Waals surface area contributed by atoms with Gasteiger partial charge in [-0.15, -0.1) is 12.8 Å². The first-order chi connectivity index (χ1) is 8.13. The molecule has 0 aliphatic carbocycles. The summed E-state index contributed by atoms with van der Waals surface area (Å²) in [6.07, 6.45) is 9.42. The first-order valence-corrected chi connectivity index (χ1v) is 4.92. The lowest BCUT2D eigenvalue weighted by Crippen LogP contribution is -2.13. The molecule has 1 atom stereocenters. The van der Waals surface area contributed by atoms with Crippen LogP contribution in [0.3, 0.4) is 0 Å². The van der Waals surface area contributed by atoms with Gasteiger partial charge in [-0.25, -0.2) is 0 Å². The minimum Gasteiger partial charge on any atom is -0.504 e. The molecular weight excluding hydrogens is 218 g/mol. The Morgan fingerprint density at radius 3 is 2.65 bits per heavy atom. The predicted octanol–water partition coefficient (Wildman–Crippen LogP) is 0.378. The SMILES string of the molecule is C#CCOc1cc(C(O)CN)c(C#C)cc1O. The normalized spacial score (nSPS) is 11.3. The van der Waals surface area contributed by atoms with Gasteiger partial charge in [-0.05, 0) is 12.1 Å². The molecule has 0 aliphatic heterocycles. The third-order valence-electron chi connectivity index (χ3n) is 2.18. The molecule has 0 saturated heterocycles. The molecule has 1 rings (SSSR count). The summed E-state index contributed by atoms with van der Waals surface area (Å²) in [5, 5.41) is 19.3. The predicted molar refractivity (Wildman–Crippen MR) is 64.4 cm³/mol. The van der Waals surface area contributed by atoms with Crippen LogP contribution >= 0.6 is 0 Å². The molecule has 4 N–H and O–H groups in total. The molecule has 0 spiro atoms. The summed E-state index contributed by atoms with van der Waals surface area (Å²) < 4.78 is 5.11. The van der Waals surface area contributed by atoms with Gasteiger partial charge in [0.25, 0.3) is 0 Å². The molecule has 4 heteroatoms. The quantitative estimate of drug-likeness (QED) is 0.655. The minimum atomic E-state index is -0.908. The first-order valence-electron chi connectivity index (χ1n) is 4.92. The topological polar surface area (TPSA) is 75.7 Å². The molecule has 1 unspecified atom stereocenters. The Balaban J connectivity index is 3.19. The van der Waals surface area contributed by atoms with Gasteiger partial charge in [0.05, 0.1) is 6.10 Å². The third-order valence-corrected chi connectivity index (χ3v) is 2.18. The van der Waals surface area contributed by atoms with Crippen LogP contribution in [0.25, 0.3) is 0 Å². The number of phenolic OH excluding ortho intramolecular Hbond substituents is 1. The first kappa shape index (κ1) is 12.9. The van der Waals surface area contributed by atoms with E-state index < -0.39 is 6.10 Å². The average Bonchev–Trinajstić information content (AvgIpc) is 2.35. The molecule has 0 saturated carbocycles. The number of hydrogen-bond acceptors (Lipinski definition) is 4. The highest BCUT2D eigenvalue weighted by atomic mass is 16.5. The lowest BCUT2D eigenvalue weighted by atomic mass is 10.0. The number of rotatable bonds is 4. The summed E-state index contributed by atoms with van der Waals surface area (Å²) in [6, 6.07) is 2.78. The van der Waals surface area contributed by atoms with Crippen molar-refractivity contribution in [1.82, 2.24) is 0 Å².